The average Bonchev–Trinajstić information content (AvgIpc) is 3.22. The van der Waals surface area contributed by atoms with E-state index >= 15 is 0 Å². The van der Waals surface area contributed by atoms with Crippen LogP contribution in [-0.4, -0.2) is 56.8 Å². The summed E-state index contributed by atoms with van der Waals surface area (Å²) in [6.07, 6.45) is 2.74. The van der Waals surface area contributed by atoms with E-state index in [1.54, 1.807) is 10.8 Å². The first kappa shape index (κ1) is 15.1. The lowest BCUT2D eigenvalue weighted by Crippen LogP contribution is -2.48. The van der Waals surface area contributed by atoms with Crippen LogP contribution in [0.15, 0.2) is 36.7 Å². The van der Waals surface area contributed by atoms with Crippen molar-refractivity contribution in [3.05, 3.63) is 41.7 Å². The van der Waals surface area contributed by atoms with Crippen molar-refractivity contribution in [1.82, 2.24) is 24.7 Å². The third kappa shape index (κ3) is 3.09. The van der Waals surface area contributed by atoms with Gasteiger partial charge in [0.25, 0.3) is 0 Å². The Morgan fingerprint density at radius 1 is 1.12 bits per heavy atom. The van der Waals surface area contributed by atoms with Crippen LogP contribution >= 0.6 is 11.3 Å². The highest BCUT2D eigenvalue weighted by Crippen LogP contribution is 2.17. The molecule has 4 rings (SSSR count). The number of hydrogen-bond donors (Lipinski definition) is 0. The van der Waals surface area contributed by atoms with Gasteiger partial charge in [0, 0.05) is 44.7 Å². The number of para-hydroxylation sites is 1. The molecule has 3 aromatic rings. The smallest absolute Gasteiger partial charge is 0.234 e. The summed E-state index contributed by atoms with van der Waals surface area (Å²) in [4.78, 5) is 17.5. The topological polar surface area (TPSA) is 66.6 Å². The summed E-state index contributed by atoms with van der Waals surface area (Å²) < 4.78 is 1.66. The van der Waals surface area contributed by atoms with E-state index in [1.807, 2.05) is 23.1 Å². The normalized spacial score (nSPS) is 15.2. The standard InChI is InChI=1S/C16H18N6OS/c23-15(7-6-14-19-22-12-17-18-16(22)24-14)21-10-8-20(9-11-21)13-4-2-1-3-5-13/h1-5,12H,6-11H2. The van der Waals surface area contributed by atoms with Gasteiger partial charge in [0.2, 0.25) is 10.9 Å². The molecule has 0 spiro atoms. The average molecular weight is 342 g/mol. The van der Waals surface area contributed by atoms with E-state index in [4.69, 9.17) is 0 Å². The molecule has 0 saturated carbocycles. The number of aromatic nitrogens is 4. The summed E-state index contributed by atoms with van der Waals surface area (Å²) in [5.41, 5.74) is 1.23. The van der Waals surface area contributed by atoms with E-state index in [0.29, 0.717) is 12.8 Å². The van der Waals surface area contributed by atoms with Gasteiger partial charge in [0.05, 0.1) is 0 Å². The fourth-order valence-corrected chi connectivity index (χ4v) is 3.74. The molecule has 3 heterocycles. The Hall–Kier alpha value is -2.48. The van der Waals surface area contributed by atoms with Crippen molar-refractivity contribution >= 4 is 27.9 Å². The summed E-state index contributed by atoms with van der Waals surface area (Å²) in [5, 5.41) is 13.0. The monoisotopic (exact) mass is 342 g/mol. The van der Waals surface area contributed by atoms with Crippen LogP contribution in [0.1, 0.15) is 11.4 Å². The number of rotatable bonds is 4. The van der Waals surface area contributed by atoms with Crippen molar-refractivity contribution in [1.29, 1.82) is 0 Å². The SMILES string of the molecule is O=C(CCc1nn2cnnc2s1)N1CCN(c2ccccc2)CC1. The lowest BCUT2D eigenvalue weighted by molar-refractivity contribution is -0.131. The van der Waals surface area contributed by atoms with E-state index in [-0.39, 0.29) is 5.91 Å². The molecule has 1 aliphatic heterocycles. The molecule has 0 aliphatic carbocycles. The Labute approximate surface area is 143 Å². The largest absolute Gasteiger partial charge is 0.368 e. The van der Waals surface area contributed by atoms with Crippen molar-refractivity contribution in [2.75, 3.05) is 31.1 Å². The minimum atomic E-state index is 0.202. The highest BCUT2D eigenvalue weighted by molar-refractivity contribution is 7.16. The molecular weight excluding hydrogens is 324 g/mol. The van der Waals surface area contributed by atoms with Crippen molar-refractivity contribution in [3.63, 3.8) is 0 Å². The number of carbonyl (C=O) groups is 1. The number of hydrogen-bond acceptors (Lipinski definition) is 6. The van der Waals surface area contributed by atoms with Gasteiger partial charge in [0.15, 0.2) is 0 Å². The molecule has 0 bridgehead atoms. The van der Waals surface area contributed by atoms with Crippen LogP contribution in [0.3, 0.4) is 0 Å². The second kappa shape index (κ2) is 6.56. The van der Waals surface area contributed by atoms with E-state index in [1.165, 1.54) is 17.0 Å². The van der Waals surface area contributed by atoms with Gasteiger partial charge >= 0.3 is 0 Å². The van der Waals surface area contributed by atoms with Crippen molar-refractivity contribution < 1.29 is 4.79 Å². The zero-order valence-electron chi connectivity index (χ0n) is 13.2. The first-order chi connectivity index (χ1) is 11.8. The molecule has 0 unspecified atom stereocenters. The Kier molecular flexibility index (Phi) is 4.12. The predicted octanol–water partition coefficient (Wildman–Crippen LogP) is 1.47. The second-order valence-corrected chi connectivity index (χ2v) is 6.80. The molecule has 1 aromatic carbocycles. The van der Waals surface area contributed by atoms with Crippen molar-refractivity contribution in [3.8, 4) is 0 Å². The highest BCUT2D eigenvalue weighted by Gasteiger charge is 2.21. The van der Waals surface area contributed by atoms with Crippen LogP contribution in [0.25, 0.3) is 4.96 Å². The summed E-state index contributed by atoms with van der Waals surface area (Å²) in [6.45, 7) is 3.32. The molecule has 8 heteroatoms. The maximum Gasteiger partial charge on any atom is 0.234 e. The fourth-order valence-electron chi connectivity index (χ4n) is 2.93. The summed E-state index contributed by atoms with van der Waals surface area (Å²) in [5.74, 6) is 0.202. The molecular formula is C16H18N6OS. The predicted molar refractivity (Wildman–Crippen MR) is 92.2 cm³/mol. The number of piperazine rings is 1. The molecule has 0 radical (unpaired) electrons. The molecule has 1 amide bonds. The number of carbonyl (C=O) groups excluding carboxylic acids is 1. The fraction of sp³-hybridized carbons (Fsp3) is 0.375. The van der Waals surface area contributed by atoms with Crippen LogP contribution in [-0.2, 0) is 11.2 Å². The van der Waals surface area contributed by atoms with Crippen LogP contribution < -0.4 is 4.90 Å². The Morgan fingerprint density at radius 3 is 2.67 bits per heavy atom. The second-order valence-electron chi connectivity index (χ2n) is 5.76. The Balaban J connectivity index is 1.29. The number of aryl methyl sites for hydroxylation is 1. The minimum absolute atomic E-state index is 0.202. The van der Waals surface area contributed by atoms with Crippen molar-refractivity contribution in [2.24, 2.45) is 0 Å². The van der Waals surface area contributed by atoms with Gasteiger partial charge in [0.1, 0.15) is 11.3 Å². The van der Waals surface area contributed by atoms with Gasteiger partial charge in [-0.25, -0.2) is 0 Å². The lowest BCUT2D eigenvalue weighted by atomic mass is 10.2. The summed E-state index contributed by atoms with van der Waals surface area (Å²) >= 11 is 1.49. The zero-order valence-corrected chi connectivity index (χ0v) is 14.0. The summed E-state index contributed by atoms with van der Waals surface area (Å²) in [6, 6.07) is 10.4. The number of fused-ring (bicyclic) bond motifs is 1. The first-order valence-electron chi connectivity index (χ1n) is 8.03. The zero-order chi connectivity index (χ0) is 16.4. The van der Waals surface area contributed by atoms with E-state index in [9.17, 15) is 4.79 Å². The molecule has 24 heavy (non-hydrogen) atoms. The molecule has 1 saturated heterocycles. The third-order valence-electron chi connectivity index (χ3n) is 4.24. The maximum atomic E-state index is 12.4. The number of benzene rings is 1. The van der Waals surface area contributed by atoms with Gasteiger partial charge in [-0.3, -0.25) is 4.79 Å². The Morgan fingerprint density at radius 2 is 1.92 bits per heavy atom. The van der Waals surface area contributed by atoms with E-state index < -0.39 is 0 Å². The van der Waals surface area contributed by atoms with Crippen LogP contribution in [0.4, 0.5) is 5.69 Å². The maximum absolute atomic E-state index is 12.4. The summed E-state index contributed by atoms with van der Waals surface area (Å²) in [7, 11) is 0. The van der Waals surface area contributed by atoms with Crippen LogP contribution in [0.2, 0.25) is 0 Å². The lowest BCUT2D eigenvalue weighted by Gasteiger charge is -2.36. The van der Waals surface area contributed by atoms with Gasteiger partial charge < -0.3 is 9.80 Å². The van der Waals surface area contributed by atoms with E-state index in [2.05, 4.69) is 32.3 Å². The van der Waals surface area contributed by atoms with Crippen LogP contribution in [0.5, 0.6) is 0 Å². The quantitative estimate of drug-likeness (QED) is 0.718. The molecule has 124 valence electrons. The van der Waals surface area contributed by atoms with Gasteiger partial charge in [-0.1, -0.05) is 29.5 Å². The van der Waals surface area contributed by atoms with E-state index in [0.717, 1.165) is 36.1 Å². The van der Waals surface area contributed by atoms with Gasteiger partial charge in [-0.05, 0) is 12.1 Å². The van der Waals surface area contributed by atoms with Gasteiger partial charge in [-0.2, -0.15) is 9.61 Å². The molecule has 7 nitrogen and oxygen atoms in total. The number of amides is 1. The highest BCUT2D eigenvalue weighted by atomic mass is 32.1. The first-order valence-corrected chi connectivity index (χ1v) is 8.85. The molecule has 1 aliphatic rings. The number of nitrogens with zero attached hydrogens (tertiary/aromatic N) is 6. The third-order valence-corrected chi connectivity index (χ3v) is 5.21. The molecule has 1 fully saturated rings. The minimum Gasteiger partial charge on any atom is -0.368 e. The number of anilines is 1. The van der Waals surface area contributed by atoms with Gasteiger partial charge in [-0.15, -0.1) is 10.2 Å². The Bertz CT molecular complexity index is 793. The molecule has 2 aromatic heterocycles. The molecule has 0 N–H and O–H groups in total. The molecule has 0 atom stereocenters. The van der Waals surface area contributed by atoms with Crippen molar-refractivity contribution in [2.45, 2.75) is 12.8 Å². The van der Waals surface area contributed by atoms with Crippen LogP contribution in [0, 0.1) is 0 Å².